The van der Waals surface area contributed by atoms with Crippen LogP contribution in [0.2, 0.25) is 5.02 Å². The number of hydrogen-bond donors (Lipinski definition) is 2. The quantitative estimate of drug-likeness (QED) is 0.912. The predicted octanol–water partition coefficient (Wildman–Crippen LogP) is 3.06. The Bertz CT molecular complexity index is 654. The second-order valence-corrected chi connectivity index (χ2v) is 5.05. The van der Waals surface area contributed by atoms with E-state index in [4.69, 9.17) is 16.7 Å². The highest BCUT2D eigenvalue weighted by atomic mass is 35.5. The molecule has 1 amide bonds. The number of thiazole rings is 1. The number of amides is 1. The molecular formula is C12H9ClN2O3S. The molecule has 5 nitrogen and oxygen atoms in total. The van der Waals surface area contributed by atoms with Crippen molar-refractivity contribution in [3.63, 3.8) is 0 Å². The first-order chi connectivity index (χ1) is 8.97. The second kappa shape index (κ2) is 5.38. The molecule has 0 saturated heterocycles. The first-order valence-electron chi connectivity index (χ1n) is 5.23. The van der Waals surface area contributed by atoms with Crippen molar-refractivity contribution in [3.05, 3.63) is 44.9 Å². The van der Waals surface area contributed by atoms with Crippen LogP contribution in [0, 0.1) is 6.92 Å². The van der Waals surface area contributed by atoms with Gasteiger partial charge in [-0.25, -0.2) is 9.78 Å². The average molecular weight is 297 g/mol. The molecule has 1 aromatic carbocycles. The molecule has 0 aliphatic rings. The zero-order chi connectivity index (χ0) is 14.0. The van der Waals surface area contributed by atoms with E-state index in [0.717, 1.165) is 16.9 Å². The summed E-state index contributed by atoms with van der Waals surface area (Å²) >= 11 is 6.93. The highest BCUT2D eigenvalue weighted by Gasteiger charge is 2.15. The number of aryl methyl sites for hydroxylation is 1. The van der Waals surface area contributed by atoms with Gasteiger partial charge in [0.05, 0.1) is 10.7 Å². The van der Waals surface area contributed by atoms with Crippen LogP contribution in [0.1, 0.15) is 25.9 Å². The fraction of sp³-hybridized carbons (Fsp3) is 0.0833. The van der Waals surface area contributed by atoms with Gasteiger partial charge >= 0.3 is 5.97 Å². The maximum Gasteiger partial charge on any atom is 0.355 e. The van der Waals surface area contributed by atoms with Gasteiger partial charge < -0.3 is 10.4 Å². The number of aromatic nitrogens is 1. The minimum atomic E-state index is -1.16. The predicted molar refractivity (Wildman–Crippen MR) is 73.2 cm³/mol. The van der Waals surface area contributed by atoms with Crippen LogP contribution in [0.15, 0.2) is 23.6 Å². The van der Waals surface area contributed by atoms with Gasteiger partial charge in [-0.3, -0.25) is 4.79 Å². The number of anilines is 1. The van der Waals surface area contributed by atoms with Gasteiger partial charge in [0.25, 0.3) is 5.91 Å². The highest BCUT2D eigenvalue weighted by Crippen LogP contribution is 2.23. The summed E-state index contributed by atoms with van der Waals surface area (Å²) in [5, 5.41) is 13.1. The number of aromatic carboxylic acids is 1. The van der Waals surface area contributed by atoms with Gasteiger partial charge in [-0.15, -0.1) is 11.3 Å². The molecule has 2 N–H and O–H groups in total. The fourth-order valence-corrected chi connectivity index (χ4v) is 2.24. The van der Waals surface area contributed by atoms with Crippen molar-refractivity contribution in [2.45, 2.75) is 6.92 Å². The lowest BCUT2D eigenvalue weighted by Gasteiger charge is -2.06. The Morgan fingerprint density at radius 1 is 1.42 bits per heavy atom. The molecule has 0 bridgehead atoms. The van der Waals surface area contributed by atoms with Crippen LogP contribution in [-0.2, 0) is 0 Å². The highest BCUT2D eigenvalue weighted by molar-refractivity contribution is 7.12. The normalized spacial score (nSPS) is 10.2. The van der Waals surface area contributed by atoms with E-state index < -0.39 is 11.9 Å². The van der Waals surface area contributed by atoms with Crippen LogP contribution in [0.3, 0.4) is 0 Å². The molecule has 98 valence electrons. The van der Waals surface area contributed by atoms with Gasteiger partial charge in [-0.05, 0) is 24.6 Å². The number of halogens is 1. The van der Waals surface area contributed by atoms with Gasteiger partial charge in [0.1, 0.15) is 0 Å². The van der Waals surface area contributed by atoms with E-state index in [-0.39, 0.29) is 10.7 Å². The summed E-state index contributed by atoms with van der Waals surface area (Å²) in [4.78, 5) is 26.3. The van der Waals surface area contributed by atoms with E-state index in [9.17, 15) is 9.59 Å². The van der Waals surface area contributed by atoms with E-state index in [1.54, 1.807) is 12.1 Å². The van der Waals surface area contributed by atoms with Crippen LogP contribution in [-0.4, -0.2) is 22.0 Å². The molecule has 0 unspecified atom stereocenters. The second-order valence-electron chi connectivity index (χ2n) is 3.78. The molecule has 0 radical (unpaired) electrons. The standard InChI is InChI=1S/C12H9ClN2O3S/c1-6-2-3-7(13)8(4-6)14-10(16)11-15-9(5-19-11)12(17)18/h2-5H,1H3,(H,14,16)(H,17,18). The Labute approximate surface area is 117 Å². The van der Waals surface area contributed by atoms with Crippen LogP contribution >= 0.6 is 22.9 Å². The molecule has 7 heteroatoms. The number of nitrogens with one attached hydrogen (secondary N) is 1. The van der Waals surface area contributed by atoms with Crippen LogP contribution in [0.5, 0.6) is 0 Å². The molecule has 1 heterocycles. The minimum absolute atomic E-state index is 0.0787. The first kappa shape index (κ1) is 13.5. The summed E-state index contributed by atoms with van der Waals surface area (Å²) in [6.07, 6.45) is 0. The third-order valence-electron chi connectivity index (χ3n) is 2.29. The number of hydrogen-bond acceptors (Lipinski definition) is 4. The average Bonchev–Trinajstić information content (AvgIpc) is 2.83. The van der Waals surface area contributed by atoms with Crippen molar-refractivity contribution in [3.8, 4) is 0 Å². The minimum Gasteiger partial charge on any atom is -0.476 e. The number of carbonyl (C=O) groups is 2. The summed E-state index contributed by atoms with van der Waals surface area (Å²) in [5.41, 5.74) is 1.27. The van der Waals surface area contributed by atoms with Gasteiger partial charge in [0, 0.05) is 5.38 Å². The molecule has 0 spiro atoms. The number of nitrogens with zero attached hydrogens (tertiary/aromatic N) is 1. The molecule has 0 saturated carbocycles. The topological polar surface area (TPSA) is 79.3 Å². The van der Waals surface area contributed by atoms with Gasteiger partial charge in [0.15, 0.2) is 10.7 Å². The van der Waals surface area contributed by atoms with E-state index in [0.29, 0.717) is 10.7 Å². The van der Waals surface area contributed by atoms with Crippen molar-refractivity contribution in [2.24, 2.45) is 0 Å². The lowest BCUT2D eigenvalue weighted by Crippen LogP contribution is -2.12. The van der Waals surface area contributed by atoms with E-state index >= 15 is 0 Å². The number of carboxylic acid groups (broad SMARTS) is 1. The molecule has 0 fully saturated rings. The molecule has 2 aromatic rings. The smallest absolute Gasteiger partial charge is 0.355 e. The number of benzene rings is 1. The molecule has 19 heavy (non-hydrogen) atoms. The molecule has 2 rings (SSSR count). The Balaban J connectivity index is 2.20. The monoisotopic (exact) mass is 296 g/mol. The number of carboxylic acids is 1. The van der Waals surface area contributed by atoms with E-state index in [2.05, 4.69) is 10.3 Å². The van der Waals surface area contributed by atoms with Crippen LogP contribution in [0.4, 0.5) is 5.69 Å². The fourth-order valence-electron chi connectivity index (χ4n) is 1.39. The third-order valence-corrected chi connectivity index (χ3v) is 3.46. The Morgan fingerprint density at radius 2 is 2.16 bits per heavy atom. The maximum absolute atomic E-state index is 11.9. The third kappa shape index (κ3) is 3.10. The number of carbonyl (C=O) groups excluding carboxylic acids is 1. The molecular weight excluding hydrogens is 288 g/mol. The van der Waals surface area contributed by atoms with Crippen molar-refractivity contribution < 1.29 is 14.7 Å². The van der Waals surface area contributed by atoms with Crippen LogP contribution in [0.25, 0.3) is 0 Å². The largest absolute Gasteiger partial charge is 0.476 e. The van der Waals surface area contributed by atoms with E-state index in [1.807, 2.05) is 13.0 Å². The summed E-state index contributed by atoms with van der Waals surface area (Å²) < 4.78 is 0. The lowest BCUT2D eigenvalue weighted by atomic mass is 10.2. The summed E-state index contributed by atoms with van der Waals surface area (Å²) in [5.74, 6) is -1.64. The molecule has 0 atom stereocenters. The van der Waals surface area contributed by atoms with Crippen molar-refractivity contribution >= 4 is 40.5 Å². The van der Waals surface area contributed by atoms with Crippen LogP contribution < -0.4 is 5.32 Å². The van der Waals surface area contributed by atoms with Crippen molar-refractivity contribution in [2.75, 3.05) is 5.32 Å². The Morgan fingerprint density at radius 3 is 2.79 bits per heavy atom. The Hall–Kier alpha value is -1.92. The van der Waals surface area contributed by atoms with Gasteiger partial charge in [0.2, 0.25) is 0 Å². The SMILES string of the molecule is Cc1ccc(Cl)c(NC(=O)c2nc(C(=O)O)cs2)c1. The summed E-state index contributed by atoms with van der Waals surface area (Å²) in [7, 11) is 0. The number of rotatable bonds is 3. The zero-order valence-corrected chi connectivity index (χ0v) is 11.4. The van der Waals surface area contributed by atoms with Crippen molar-refractivity contribution in [1.29, 1.82) is 0 Å². The summed E-state index contributed by atoms with van der Waals surface area (Å²) in [6.45, 7) is 1.87. The summed E-state index contributed by atoms with van der Waals surface area (Å²) in [6, 6.07) is 5.23. The van der Waals surface area contributed by atoms with Gasteiger partial charge in [-0.1, -0.05) is 17.7 Å². The van der Waals surface area contributed by atoms with Crippen molar-refractivity contribution in [1.82, 2.24) is 4.98 Å². The van der Waals surface area contributed by atoms with E-state index in [1.165, 1.54) is 5.38 Å². The Kier molecular flexibility index (Phi) is 3.82. The lowest BCUT2D eigenvalue weighted by molar-refractivity contribution is 0.0691. The molecule has 0 aliphatic carbocycles. The first-order valence-corrected chi connectivity index (χ1v) is 6.49. The molecule has 0 aliphatic heterocycles. The maximum atomic E-state index is 11.9. The van der Waals surface area contributed by atoms with Gasteiger partial charge in [-0.2, -0.15) is 0 Å². The zero-order valence-electron chi connectivity index (χ0n) is 9.81. The molecule has 1 aromatic heterocycles.